The third-order valence-corrected chi connectivity index (χ3v) is 3.49. The second-order valence-corrected chi connectivity index (χ2v) is 5.19. The number of carbonyl (C=O) groups excluding carboxylic acids is 1. The average Bonchev–Trinajstić information content (AvgIpc) is 3.05. The van der Waals surface area contributed by atoms with Gasteiger partial charge in [-0.05, 0) is 55.3 Å². The van der Waals surface area contributed by atoms with Gasteiger partial charge in [-0.1, -0.05) is 12.1 Å². The second kappa shape index (κ2) is 5.81. The summed E-state index contributed by atoms with van der Waals surface area (Å²) in [5.41, 5.74) is 4.52. The highest BCUT2D eigenvalue weighted by molar-refractivity contribution is 6.04. The molecule has 1 aromatic heterocycles. The van der Waals surface area contributed by atoms with Crippen molar-refractivity contribution in [2.45, 2.75) is 13.8 Å². The number of nitrogens with one attached hydrogen (secondary N) is 1. The number of aromatic nitrogens is 3. The Bertz CT molecular complexity index is 792. The molecule has 0 bridgehead atoms. The molecule has 0 saturated heterocycles. The monoisotopic (exact) mass is 292 g/mol. The summed E-state index contributed by atoms with van der Waals surface area (Å²) < 4.78 is 1.78. The van der Waals surface area contributed by atoms with E-state index < -0.39 is 0 Å². The number of benzene rings is 2. The molecule has 5 nitrogen and oxygen atoms in total. The molecule has 3 rings (SSSR count). The maximum absolute atomic E-state index is 12.3. The summed E-state index contributed by atoms with van der Waals surface area (Å²) in [4.78, 5) is 12.3. The Morgan fingerprint density at radius 2 is 1.68 bits per heavy atom. The van der Waals surface area contributed by atoms with E-state index >= 15 is 0 Å². The molecular formula is C17H16N4O. The lowest BCUT2D eigenvalue weighted by atomic mass is 10.1. The Kier molecular flexibility index (Phi) is 3.70. The third kappa shape index (κ3) is 2.88. The van der Waals surface area contributed by atoms with Crippen molar-refractivity contribution in [1.29, 1.82) is 0 Å². The van der Waals surface area contributed by atoms with Gasteiger partial charge in [0.1, 0.15) is 12.7 Å². The van der Waals surface area contributed by atoms with Crippen molar-refractivity contribution in [3.63, 3.8) is 0 Å². The van der Waals surface area contributed by atoms with Crippen molar-refractivity contribution in [2.75, 3.05) is 5.32 Å². The van der Waals surface area contributed by atoms with Crippen LogP contribution in [0.2, 0.25) is 0 Å². The van der Waals surface area contributed by atoms with Crippen LogP contribution in [0.5, 0.6) is 0 Å². The maximum Gasteiger partial charge on any atom is 0.255 e. The van der Waals surface area contributed by atoms with Gasteiger partial charge in [0.15, 0.2) is 0 Å². The molecule has 0 aliphatic rings. The summed E-state index contributed by atoms with van der Waals surface area (Å²) in [7, 11) is 0. The number of hydrogen-bond donors (Lipinski definition) is 1. The van der Waals surface area contributed by atoms with Crippen LogP contribution >= 0.6 is 0 Å². The zero-order valence-corrected chi connectivity index (χ0v) is 12.4. The van der Waals surface area contributed by atoms with E-state index in [-0.39, 0.29) is 5.91 Å². The molecule has 0 aliphatic heterocycles. The molecule has 22 heavy (non-hydrogen) atoms. The van der Waals surface area contributed by atoms with E-state index in [1.54, 1.807) is 29.4 Å². The summed E-state index contributed by atoms with van der Waals surface area (Å²) >= 11 is 0. The largest absolute Gasteiger partial charge is 0.322 e. The number of carbonyl (C=O) groups is 1. The van der Waals surface area contributed by atoms with Gasteiger partial charge in [0.05, 0.1) is 0 Å². The minimum absolute atomic E-state index is 0.121. The van der Waals surface area contributed by atoms with Crippen molar-refractivity contribution in [2.24, 2.45) is 0 Å². The van der Waals surface area contributed by atoms with Crippen LogP contribution in [0.4, 0.5) is 5.69 Å². The van der Waals surface area contributed by atoms with Gasteiger partial charge >= 0.3 is 0 Å². The number of anilines is 1. The topological polar surface area (TPSA) is 59.8 Å². The second-order valence-electron chi connectivity index (χ2n) is 5.19. The van der Waals surface area contributed by atoms with E-state index in [0.717, 1.165) is 22.5 Å². The van der Waals surface area contributed by atoms with Crippen LogP contribution in [-0.4, -0.2) is 20.7 Å². The van der Waals surface area contributed by atoms with Gasteiger partial charge in [-0.3, -0.25) is 9.36 Å². The molecule has 0 aliphatic carbocycles. The Balaban J connectivity index is 1.79. The van der Waals surface area contributed by atoms with Crippen LogP contribution in [-0.2, 0) is 0 Å². The van der Waals surface area contributed by atoms with E-state index in [1.807, 2.05) is 44.2 Å². The lowest BCUT2D eigenvalue weighted by molar-refractivity contribution is 0.102. The van der Waals surface area contributed by atoms with E-state index in [4.69, 9.17) is 0 Å². The number of hydrogen-bond acceptors (Lipinski definition) is 3. The quantitative estimate of drug-likeness (QED) is 0.806. The predicted octanol–water partition coefficient (Wildman–Crippen LogP) is 3.14. The molecular weight excluding hydrogens is 276 g/mol. The number of aryl methyl sites for hydroxylation is 2. The van der Waals surface area contributed by atoms with Gasteiger partial charge in [-0.15, -0.1) is 10.2 Å². The zero-order chi connectivity index (χ0) is 15.5. The van der Waals surface area contributed by atoms with Crippen LogP contribution in [0.15, 0.2) is 55.1 Å². The first kappa shape index (κ1) is 14.0. The molecule has 5 heteroatoms. The highest BCUT2D eigenvalue weighted by Gasteiger charge is 2.08. The lowest BCUT2D eigenvalue weighted by Crippen LogP contribution is -2.13. The summed E-state index contributed by atoms with van der Waals surface area (Å²) in [6.45, 7) is 3.98. The van der Waals surface area contributed by atoms with Crippen molar-refractivity contribution < 1.29 is 4.79 Å². The van der Waals surface area contributed by atoms with Crippen LogP contribution < -0.4 is 5.32 Å². The molecule has 110 valence electrons. The molecule has 0 fully saturated rings. The smallest absolute Gasteiger partial charge is 0.255 e. The zero-order valence-electron chi connectivity index (χ0n) is 12.4. The Labute approximate surface area is 128 Å². The molecule has 0 radical (unpaired) electrons. The molecule has 2 aromatic carbocycles. The first-order valence-corrected chi connectivity index (χ1v) is 6.97. The number of nitrogens with zero attached hydrogens (tertiary/aromatic N) is 3. The van der Waals surface area contributed by atoms with Gasteiger partial charge in [0.2, 0.25) is 0 Å². The Morgan fingerprint density at radius 3 is 2.36 bits per heavy atom. The molecule has 3 aromatic rings. The van der Waals surface area contributed by atoms with Crippen LogP contribution in [0.1, 0.15) is 21.5 Å². The van der Waals surface area contributed by atoms with Gasteiger partial charge in [-0.2, -0.15) is 0 Å². The van der Waals surface area contributed by atoms with Gasteiger partial charge in [0, 0.05) is 16.9 Å². The standard InChI is InChI=1S/C17H16N4O/c1-12-3-4-13(2)16(9-12)20-17(22)14-5-7-15(8-6-14)21-10-18-19-11-21/h3-11H,1-2H3,(H,20,22). The average molecular weight is 292 g/mol. The maximum atomic E-state index is 12.3. The SMILES string of the molecule is Cc1ccc(C)c(NC(=O)c2ccc(-n3cnnc3)cc2)c1. The van der Waals surface area contributed by atoms with Crippen molar-refractivity contribution >= 4 is 11.6 Å². The highest BCUT2D eigenvalue weighted by Crippen LogP contribution is 2.18. The number of rotatable bonds is 3. The van der Waals surface area contributed by atoms with E-state index in [0.29, 0.717) is 5.56 Å². The van der Waals surface area contributed by atoms with Crippen LogP contribution in [0, 0.1) is 13.8 Å². The fourth-order valence-corrected chi connectivity index (χ4v) is 2.18. The van der Waals surface area contributed by atoms with Gasteiger partial charge in [0.25, 0.3) is 5.91 Å². The molecule has 0 unspecified atom stereocenters. The summed E-state index contributed by atoms with van der Waals surface area (Å²) in [6.07, 6.45) is 3.23. The summed E-state index contributed by atoms with van der Waals surface area (Å²) in [5, 5.41) is 10.5. The third-order valence-electron chi connectivity index (χ3n) is 3.49. The van der Waals surface area contributed by atoms with E-state index in [9.17, 15) is 4.79 Å². The minimum Gasteiger partial charge on any atom is -0.322 e. The lowest BCUT2D eigenvalue weighted by Gasteiger charge is -2.10. The number of amides is 1. The minimum atomic E-state index is -0.121. The fraction of sp³-hybridized carbons (Fsp3) is 0.118. The van der Waals surface area contributed by atoms with Crippen LogP contribution in [0.25, 0.3) is 5.69 Å². The molecule has 1 heterocycles. The summed E-state index contributed by atoms with van der Waals surface area (Å²) in [5.74, 6) is -0.121. The van der Waals surface area contributed by atoms with Crippen LogP contribution in [0.3, 0.4) is 0 Å². The van der Waals surface area contributed by atoms with Crippen molar-refractivity contribution in [1.82, 2.24) is 14.8 Å². The normalized spacial score (nSPS) is 10.5. The molecule has 1 amide bonds. The first-order valence-electron chi connectivity index (χ1n) is 6.97. The molecule has 0 spiro atoms. The van der Waals surface area contributed by atoms with Crippen molar-refractivity contribution in [3.05, 3.63) is 71.8 Å². The first-order chi connectivity index (χ1) is 10.6. The fourth-order valence-electron chi connectivity index (χ4n) is 2.18. The Hall–Kier alpha value is -2.95. The predicted molar refractivity (Wildman–Crippen MR) is 85.2 cm³/mol. The Morgan fingerprint density at radius 1 is 1.00 bits per heavy atom. The molecule has 1 N–H and O–H groups in total. The molecule has 0 saturated carbocycles. The van der Waals surface area contributed by atoms with Gasteiger partial charge < -0.3 is 5.32 Å². The van der Waals surface area contributed by atoms with E-state index in [1.165, 1.54) is 0 Å². The highest BCUT2D eigenvalue weighted by atomic mass is 16.1. The van der Waals surface area contributed by atoms with Crippen molar-refractivity contribution in [3.8, 4) is 5.69 Å². The van der Waals surface area contributed by atoms with Gasteiger partial charge in [-0.25, -0.2) is 0 Å². The summed E-state index contributed by atoms with van der Waals surface area (Å²) in [6, 6.07) is 13.3. The molecule has 0 atom stereocenters. The van der Waals surface area contributed by atoms with E-state index in [2.05, 4.69) is 15.5 Å².